The Bertz CT molecular complexity index is 213. The topological polar surface area (TPSA) is 287 Å². The fourth-order valence-corrected chi connectivity index (χ4v) is 0. The minimum absolute atomic E-state index is 0. The van der Waals surface area contributed by atoms with Crippen LogP contribution < -0.4 is 0 Å². The van der Waals surface area contributed by atoms with E-state index in [1.807, 2.05) is 0 Å². The molecule has 0 rings (SSSR count). The van der Waals surface area contributed by atoms with Gasteiger partial charge in [-0.2, -0.15) is 0 Å². The Morgan fingerprint density at radius 2 is 0.500 bits per heavy atom. The third kappa shape index (κ3) is 833. The molecule has 0 heterocycles. The van der Waals surface area contributed by atoms with Gasteiger partial charge in [-0.15, -0.1) is 0 Å². The second-order valence-corrected chi connectivity index (χ2v) is 2.45. The first-order valence-electron chi connectivity index (χ1n) is 1.33. The van der Waals surface area contributed by atoms with Crippen molar-refractivity contribution in [1.82, 2.24) is 0 Å². The van der Waals surface area contributed by atoms with Crippen molar-refractivity contribution in [2.45, 2.75) is 0 Å². The third-order valence-corrected chi connectivity index (χ3v) is 0. The van der Waals surface area contributed by atoms with Crippen LogP contribution in [0.5, 0.6) is 0 Å². The molecule has 16 heteroatoms. The fourth-order valence-electron chi connectivity index (χ4n) is 0. The molecule has 0 aromatic rings. The molecule has 0 atom stereocenters. The van der Waals surface area contributed by atoms with Crippen molar-refractivity contribution in [2.24, 2.45) is 0 Å². The molecule has 0 amide bonds. The summed E-state index contributed by atoms with van der Waals surface area (Å²) in [5, 5.41) is 0. The van der Waals surface area contributed by atoms with Crippen LogP contribution in [0.3, 0.4) is 0 Å². The minimum atomic E-state index is -5.17. The van der Waals surface area contributed by atoms with Crippen molar-refractivity contribution < 1.29 is 57.0 Å². The zero-order chi connectivity index (χ0) is 9.00. The van der Waals surface area contributed by atoms with E-state index in [1.165, 1.54) is 0 Å². The summed E-state index contributed by atoms with van der Waals surface area (Å²) in [6.07, 6.45) is 0. The van der Waals surface area contributed by atoms with Crippen LogP contribution in [0.4, 0.5) is 0 Å². The van der Waals surface area contributed by atoms with Crippen molar-refractivity contribution in [3.8, 4) is 0 Å². The predicted molar refractivity (Wildman–Crippen MR) is 46.9 cm³/mol. The molecule has 0 fully saturated rings. The van der Waals surface area contributed by atoms with Crippen molar-refractivity contribution in [3.63, 3.8) is 0 Å². The normalized spacial score (nSPS) is 7.25. The second-order valence-electron chi connectivity index (χ2n) is 0.816. The summed E-state index contributed by atoms with van der Waals surface area (Å²) >= 11 is 0. The Morgan fingerprint density at radius 1 is 0.500 bits per heavy atom. The maximum absolute atomic E-state index is 8.52. The van der Waals surface area contributed by atoms with Gasteiger partial charge < -0.3 is 40.1 Å². The molecule has 0 radical (unpaired) electrons. The third-order valence-electron chi connectivity index (χ3n) is 0. The van der Waals surface area contributed by atoms with Gasteiger partial charge in [-0.25, -0.2) is 0 Å². The van der Waals surface area contributed by atoms with Crippen molar-refractivity contribution in [3.05, 3.63) is 0 Å². The minimum Gasteiger partial charge on any atom is -0.759 e. The van der Waals surface area contributed by atoms with E-state index in [0.717, 1.165) is 0 Å². The zero-order valence-electron chi connectivity index (χ0n) is 7.50. The summed E-state index contributed by atoms with van der Waals surface area (Å²) in [5.41, 5.74) is 0. The summed E-state index contributed by atoms with van der Waals surface area (Å²) in [7, 11) is -10.3. The van der Waals surface area contributed by atoms with E-state index in [1.54, 1.807) is 0 Å². The van der Waals surface area contributed by atoms with Crippen LogP contribution >= 0.6 is 0 Å². The molecule has 0 aromatic carbocycles. The van der Waals surface area contributed by atoms with Gasteiger partial charge in [-0.05, 0) is 0 Å². The first kappa shape index (κ1) is 51.9. The van der Waals surface area contributed by atoms with Gasteiger partial charge in [0.1, 0.15) is 0 Å². The molecule has 16 heavy (non-hydrogen) atoms. The molecule has 8 N–H and O–H groups in total. The van der Waals surface area contributed by atoms with Crippen molar-refractivity contribution >= 4 is 96.3 Å². The van der Waals surface area contributed by atoms with Gasteiger partial charge in [0.15, 0.2) is 0 Å². The molecule has 0 aromatic heterocycles. The van der Waals surface area contributed by atoms with Crippen LogP contribution in [0.25, 0.3) is 0 Å². The predicted octanol–water partition coefficient (Wildman–Crippen LogP) is -6.74. The molecule has 96 valence electrons. The molecule has 0 aliphatic heterocycles. The van der Waals surface area contributed by atoms with Crippen LogP contribution in [-0.4, -0.2) is 132 Å². The zero-order valence-corrected chi connectivity index (χ0v) is 13.5. The van der Waals surface area contributed by atoms with Gasteiger partial charge in [0, 0.05) is 20.8 Å². The first-order valence-corrected chi connectivity index (χ1v) is 4.00. The van der Waals surface area contributed by atoms with Crippen LogP contribution in [0.15, 0.2) is 0 Å². The van der Waals surface area contributed by atoms with Gasteiger partial charge in [0.05, 0.1) is 0 Å². The molecule has 0 unspecified atom stereocenters. The molecule has 0 saturated heterocycles. The van der Waals surface area contributed by atoms with Crippen molar-refractivity contribution in [1.29, 1.82) is 0 Å². The maximum Gasteiger partial charge on any atom is 2.00 e. The monoisotopic (exact) mass is 344 g/mol. The SMILES string of the molecule is O.O.O.O.O=S(=O)([O-])[O-].O=S(=O)([O-])[O-].[Ca+2].[Ca+2]. The average molecular weight is 344 g/mol. The van der Waals surface area contributed by atoms with E-state index in [4.69, 9.17) is 35.0 Å². The first-order chi connectivity index (χ1) is 4.00. The molecule has 0 aliphatic rings. The van der Waals surface area contributed by atoms with E-state index in [0.29, 0.717) is 0 Å². The smallest absolute Gasteiger partial charge is 0.759 e. The maximum atomic E-state index is 8.52. The van der Waals surface area contributed by atoms with E-state index in [2.05, 4.69) is 0 Å². The van der Waals surface area contributed by atoms with E-state index < -0.39 is 20.8 Å². The standard InChI is InChI=1S/2Ca.2H2O4S.4H2O/c;;2*1-5(2,3)4;;;;/h;;2*(H2,1,2,3,4);4*1H2/q2*+2;;;;;;/p-4. The Morgan fingerprint density at radius 3 is 0.500 bits per heavy atom. The molecular weight excluding hydrogens is 336 g/mol. The molecular formula is H8Ca2O12S2. The number of hydrogen-bond acceptors (Lipinski definition) is 8. The van der Waals surface area contributed by atoms with Crippen LogP contribution in [0, 0.1) is 0 Å². The Kier molecular flexibility index (Phi) is 72.3. The molecule has 0 spiro atoms. The number of rotatable bonds is 0. The molecule has 0 bridgehead atoms. The van der Waals surface area contributed by atoms with Gasteiger partial charge in [-0.1, -0.05) is 0 Å². The summed E-state index contributed by atoms with van der Waals surface area (Å²) < 4.78 is 68.2. The summed E-state index contributed by atoms with van der Waals surface area (Å²) in [5.74, 6) is 0. The Balaban J connectivity index is -0.00000000970. The van der Waals surface area contributed by atoms with Gasteiger partial charge in [-0.3, -0.25) is 16.8 Å². The van der Waals surface area contributed by atoms with Crippen LogP contribution in [-0.2, 0) is 20.8 Å². The van der Waals surface area contributed by atoms with Gasteiger partial charge in [0.25, 0.3) is 0 Å². The van der Waals surface area contributed by atoms with Crippen LogP contribution in [0.1, 0.15) is 0 Å². The summed E-state index contributed by atoms with van der Waals surface area (Å²) in [6, 6.07) is 0. The average Bonchev–Trinajstić information content (AvgIpc) is 1.12. The van der Waals surface area contributed by atoms with Gasteiger partial charge >= 0.3 is 75.5 Å². The second kappa shape index (κ2) is 22.3. The van der Waals surface area contributed by atoms with Crippen molar-refractivity contribution in [2.75, 3.05) is 0 Å². The quantitative estimate of drug-likeness (QED) is 0.230. The molecule has 0 saturated carbocycles. The van der Waals surface area contributed by atoms with E-state index in [-0.39, 0.29) is 97.4 Å². The largest absolute Gasteiger partial charge is 2.00 e. The Labute approximate surface area is 151 Å². The van der Waals surface area contributed by atoms with E-state index in [9.17, 15) is 0 Å². The Hall–Kier alpha value is 2.10. The van der Waals surface area contributed by atoms with Gasteiger partial charge in [0.2, 0.25) is 0 Å². The van der Waals surface area contributed by atoms with Crippen LogP contribution in [0.2, 0.25) is 0 Å². The summed E-state index contributed by atoms with van der Waals surface area (Å²) in [4.78, 5) is 0. The molecule has 0 aliphatic carbocycles. The summed E-state index contributed by atoms with van der Waals surface area (Å²) in [6.45, 7) is 0. The van der Waals surface area contributed by atoms with E-state index >= 15 is 0 Å². The fraction of sp³-hybridized carbons (Fsp3) is 0. The number of hydrogen-bond donors (Lipinski definition) is 0. The molecule has 12 nitrogen and oxygen atoms in total.